The molecule has 350 valence electrons. The SMILES string of the molecule is C=C(C)C(=O)OCCCCCC(=O)OCCCCCCCCCCCOc1ccc(C)cc1.C=CC(=O)OCCCCCCOc1ccc(C(=O)Oc2ccc(OC(C)=O)cc2)cc1. The maximum absolute atomic E-state index is 12.2. The molecule has 3 rings (SSSR count). The molecule has 3 aromatic carbocycles. The standard InChI is InChI=1S/C28H44O5.C24H26O7/c1-24(2)28(30)33-23-15-11-12-16-27(29)32-22-14-10-8-6-4-5-7-9-13-21-31-26-19-17-25(3)18-20-26;1-3-23(26)29-17-7-5-4-6-16-28-20-10-8-19(9-11-20)24(27)31-22-14-12-21(13-15-22)30-18(2)25/h17-20H,1,4-16,21-23H2,2-3H3;3,8-15H,1,4-7,16-17H2,2H3. The van der Waals surface area contributed by atoms with Crippen LogP contribution in [0.15, 0.2) is 97.6 Å². The molecule has 0 saturated carbocycles. The molecular weight excluding hydrogens is 817 g/mol. The molecule has 3 aromatic rings. The molecule has 0 radical (unpaired) electrons. The highest BCUT2D eigenvalue weighted by Gasteiger charge is 2.10. The van der Waals surface area contributed by atoms with Crippen LogP contribution in [0.3, 0.4) is 0 Å². The molecule has 0 bridgehead atoms. The van der Waals surface area contributed by atoms with Crippen molar-refractivity contribution in [3.63, 3.8) is 0 Å². The summed E-state index contributed by atoms with van der Waals surface area (Å²) in [4.78, 5) is 57.0. The van der Waals surface area contributed by atoms with Gasteiger partial charge in [-0.1, -0.05) is 75.8 Å². The normalized spacial score (nSPS) is 10.4. The molecule has 0 heterocycles. The van der Waals surface area contributed by atoms with Crippen molar-refractivity contribution in [2.75, 3.05) is 33.0 Å². The molecule has 12 heteroatoms. The summed E-state index contributed by atoms with van der Waals surface area (Å²) in [6.45, 7) is 14.6. The Morgan fingerprint density at radius 2 is 0.891 bits per heavy atom. The fourth-order valence-corrected chi connectivity index (χ4v) is 5.93. The van der Waals surface area contributed by atoms with E-state index in [-0.39, 0.29) is 11.9 Å². The van der Waals surface area contributed by atoms with Crippen LogP contribution >= 0.6 is 0 Å². The third-order valence-corrected chi connectivity index (χ3v) is 9.55. The number of hydrogen-bond acceptors (Lipinski definition) is 12. The summed E-state index contributed by atoms with van der Waals surface area (Å²) in [6, 6.07) is 21.1. The Kier molecular flexibility index (Phi) is 29.3. The van der Waals surface area contributed by atoms with E-state index < -0.39 is 17.9 Å². The predicted molar refractivity (Wildman–Crippen MR) is 248 cm³/mol. The van der Waals surface area contributed by atoms with E-state index in [4.69, 9.17) is 33.2 Å². The highest BCUT2D eigenvalue weighted by atomic mass is 16.5. The summed E-state index contributed by atoms with van der Waals surface area (Å²) in [7, 11) is 0. The molecule has 0 atom stereocenters. The Morgan fingerprint density at radius 3 is 1.38 bits per heavy atom. The first-order valence-electron chi connectivity index (χ1n) is 22.7. The van der Waals surface area contributed by atoms with E-state index in [1.165, 1.54) is 51.0 Å². The Labute approximate surface area is 380 Å². The highest BCUT2D eigenvalue weighted by molar-refractivity contribution is 5.91. The number of ether oxygens (including phenoxy) is 7. The maximum Gasteiger partial charge on any atom is 0.343 e. The number of carbonyl (C=O) groups excluding carboxylic acids is 5. The second-order valence-electron chi connectivity index (χ2n) is 15.4. The van der Waals surface area contributed by atoms with Gasteiger partial charge in [0, 0.05) is 25.0 Å². The van der Waals surface area contributed by atoms with Gasteiger partial charge in [-0.05, 0) is 132 Å². The average molecular weight is 887 g/mol. The number of hydrogen-bond donors (Lipinski definition) is 0. The van der Waals surface area contributed by atoms with Crippen molar-refractivity contribution in [3.8, 4) is 23.0 Å². The highest BCUT2D eigenvalue weighted by Crippen LogP contribution is 2.20. The second kappa shape index (κ2) is 34.6. The van der Waals surface area contributed by atoms with Crippen LogP contribution in [0.1, 0.15) is 139 Å². The van der Waals surface area contributed by atoms with Gasteiger partial charge >= 0.3 is 29.8 Å². The van der Waals surface area contributed by atoms with Crippen LogP contribution in [0, 0.1) is 6.92 Å². The van der Waals surface area contributed by atoms with Crippen LogP contribution < -0.4 is 18.9 Å². The smallest absolute Gasteiger partial charge is 0.343 e. The van der Waals surface area contributed by atoms with Crippen molar-refractivity contribution in [2.24, 2.45) is 0 Å². The Bertz CT molecular complexity index is 1800. The number of unbranched alkanes of at least 4 members (excludes halogenated alkanes) is 13. The van der Waals surface area contributed by atoms with Crippen molar-refractivity contribution in [2.45, 2.75) is 130 Å². The predicted octanol–water partition coefficient (Wildman–Crippen LogP) is 11.6. The lowest BCUT2D eigenvalue weighted by Crippen LogP contribution is -2.08. The minimum absolute atomic E-state index is 0.125. The molecule has 0 aliphatic heterocycles. The molecule has 0 aliphatic carbocycles. The maximum atomic E-state index is 12.2. The van der Waals surface area contributed by atoms with Gasteiger partial charge in [-0.25, -0.2) is 14.4 Å². The van der Waals surface area contributed by atoms with Gasteiger partial charge in [0.2, 0.25) is 0 Å². The summed E-state index contributed by atoms with van der Waals surface area (Å²) in [5.41, 5.74) is 2.06. The number of benzene rings is 3. The van der Waals surface area contributed by atoms with Crippen LogP contribution in [0.25, 0.3) is 0 Å². The van der Waals surface area contributed by atoms with Crippen LogP contribution in [0.5, 0.6) is 23.0 Å². The monoisotopic (exact) mass is 886 g/mol. The molecule has 64 heavy (non-hydrogen) atoms. The molecule has 0 N–H and O–H groups in total. The molecule has 0 aromatic heterocycles. The zero-order chi connectivity index (χ0) is 46.6. The molecule has 0 fully saturated rings. The number of carbonyl (C=O) groups is 5. The van der Waals surface area contributed by atoms with E-state index in [2.05, 4.69) is 32.2 Å². The zero-order valence-electron chi connectivity index (χ0n) is 38.4. The van der Waals surface area contributed by atoms with Crippen molar-refractivity contribution in [1.29, 1.82) is 0 Å². The first-order chi connectivity index (χ1) is 31.0. The molecule has 0 spiro atoms. The van der Waals surface area contributed by atoms with Crippen molar-refractivity contribution < 1.29 is 57.1 Å². The average Bonchev–Trinajstić information content (AvgIpc) is 3.28. The number of rotatable bonds is 32. The number of aryl methyl sites for hydroxylation is 1. The van der Waals surface area contributed by atoms with Gasteiger partial charge in [-0.3, -0.25) is 9.59 Å². The van der Waals surface area contributed by atoms with Crippen molar-refractivity contribution in [3.05, 3.63) is 109 Å². The fourth-order valence-electron chi connectivity index (χ4n) is 5.93. The minimum Gasteiger partial charge on any atom is -0.494 e. The Balaban J connectivity index is 0.000000441. The van der Waals surface area contributed by atoms with Crippen molar-refractivity contribution >= 4 is 29.8 Å². The zero-order valence-corrected chi connectivity index (χ0v) is 38.4. The first-order valence-corrected chi connectivity index (χ1v) is 22.7. The van der Waals surface area contributed by atoms with Gasteiger partial charge in [-0.2, -0.15) is 0 Å². The van der Waals surface area contributed by atoms with Crippen LogP contribution in [-0.4, -0.2) is 62.9 Å². The van der Waals surface area contributed by atoms with E-state index in [0.717, 1.165) is 82.6 Å². The number of esters is 5. The largest absolute Gasteiger partial charge is 0.494 e. The van der Waals surface area contributed by atoms with Crippen molar-refractivity contribution in [1.82, 2.24) is 0 Å². The summed E-state index contributed by atoms with van der Waals surface area (Å²) in [6.07, 6.45) is 18.2. The quantitative estimate of drug-likeness (QED) is 0.0193. The third kappa shape index (κ3) is 27.9. The molecule has 0 saturated heterocycles. The summed E-state index contributed by atoms with van der Waals surface area (Å²) in [5, 5.41) is 0. The van der Waals surface area contributed by atoms with Crippen LogP contribution in [0.4, 0.5) is 0 Å². The van der Waals surface area contributed by atoms with Gasteiger partial charge in [-0.15, -0.1) is 0 Å². The lowest BCUT2D eigenvalue weighted by Gasteiger charge is -2.08. The molecule has 0 unspecified atom stereocenters. The molecule has 0 aliphatic rings. The van der Waals surface area contributed by atoms with E-state index in [0.29, 0.717) is 61.2 Å². The lowest BCUT2D eigenvalue weighted by atomic mass is 10.1. The van der Waals surface area contributed by atoms with Crippen LogP contribution in [0.2, 0.25) is 0 Å². The van der Waals surface area contributed by atoms with Gasteiger partial charge in [0.05, 0.1) is 38.6 Å². The third-order valence-electron chi connectivity index (χ3n) is 9.55. The fraction of sp³-hybridized carbons (Fsp3) is 0.481. The van der Waals surface area contributed by atoms with E-state index in [1.54, 1.807) is 55.5 Å². The van der Waals surface area contributed by atoms with Gasteiger partial charge in [0.25, 0.3) is 0 Å². The minimum atomic E-state index is -0.496. The van der Waals surface area contributed by atoms with Gasteiger partial charge < -0.3 is 33.2 Å². The Hall–Kier alpha value is -5.91. The van der Waals surface area contributed by atoms with Gasteiger partial charge in [0.15, 0.2) is 0 Å². The molecular formula is C52H70O12. The van der Waals surface area contributed by atoms with E-state index >= 15 is 0 Å². The lowest BCUT2D eigenvalue weighted by molar-refractivity contribution is -0.144. The van der Waals surface area contributed by atoms with Gasteiger partial charge in [0.1, 0.15) is 23.0 Å². The van der Waals surface area contributed by atoms with Crippen LogP contribution in [-0.2, 0) is 33.4 Å². The van der Waals surface area contributed by atoms with E-state index in [9.17, 15) is 24.0 Å². The molecule has 0 amide bonds. The molecule has 12 nitrogen and oxygen atoms in total. The summed E-state index contributed by atoms with van der Waals surface area (Å²) < 4.78 is 36.9. The second-order valence-corrected chi connectivity index (χ2v) is 15.4. The van der Waals surface area contributed by atoms with E-state index in [1.807, 2.05) is 12.1 Å². The summed E-state index contributed by atoms with van der Waals surface area (Å²) >= 11 is 0. The first kappa shape index (κ1) is 54.2. The summed E-state index contributed by atoms with van der Waals surface area (Å²) in [5.74, 6) is 0.572. The topological polar surface area (TPSA) is 150 Å². The Morgan fingerprint density at radius 1 is 0.484 bits per heavy atom.